The minimum Gasteiger partial charge on any atom is -0.480 e. The van der Waals surface area contributed by atoms with Crippen molar-refractivity contribution in [3.63, 3.8) is 0 Å². The molecule has 3 rings (SSSR count). The number of ether oxygens (including phenoxy) is 1. The Labute approximate surface area is 187 Å². The van der Waals surface area contributed by atoms with E-state index in [1.165, 1.54) is 18.9 Å². The number of methoxy groups -OCH3 is 1. The predicted molar refractivity (Wildman–Crippen MR) is 115 cm³/mol. The minimum atomic E-state index is -1.33. The SMILES string of the molecule is COC(=O)[C@@H]1NC(C(NC(=O)c2c(-c3ccccc3Cl)noc2C)C(=O)O)SC1(C)C. The Morgan fingerprint density at radius 2 is 2.03 bits per heavy atom. The number of rotatable bonds is 6. The number of thioether (sulfide) groups is 1. The second kappa shape index (κ2) is 8.89. The highest BCUT2D eigenvalue weighted by molar-refractivity contribution is 8.01. The molecule has 1 aliphatic heterocycles. The van der Waals surface area contributed by atoms with Crippen LogP contribution in [0, 0.1) is 6.92 Å². The molecule has 2 aromatic rings. The van der Waals surface area contributed by atoms with E-state index < -0.39 is 40.1 Å². The zero-order chi connectivity index (χ0) is 22.9. The molecular formula is C20H22ClN3O6S. The number of nitrogens with zero attached hydrogens (tertiary/aromatic N) is 1. The lowest BCUT2D eigenvalue weighted by atomic mass is 10.0. The molecule has 0 saturated carbocycles. The van der Waals surface area contributed by atoms with Crippen molar-refractivity contribution < 1.29 is 28.8 Å². The van der Waals surface area contributed by atoms with Crippen molar-refractivity contribution in [1.29, 1.82) is 0 Å². The molecule has 3 atom stereocenters. The molecular weight excluding hydrogens is 446 g/mol. The van der Waals surface area contributed by atoms with Crippen LogP contribution in [0.4, 0.5) is 0 Å². The third-order valence-corrected chi connectivity index (χ3v) is 6.80. The first kappa shape index (κ1) is 23.1. The fourth-order valence-electron chi connectivity index (χ4n) is 3.39. The maximum absolute atomic E-state index is 13.1. The number of carbonyl (C=O) groups excluding carboxylic acids is 2. The Kier molecular flexibility index (Phi) is 6.63. The number of esters is 1. The molecule has 2 unspecified atom stereocenters. The molecule has 1 aliphatic rings. The van der Waals surface area contributed by atoms with Gasteiger partial charge >= 0.3 is 11.9 Å². The molecule has 2 heterocycles. The van der Waals surface area contributed by atoms with Gasteiger partial charge in [-0.2, -0.15) is 0 Å². The van der Waals surface area contributed by atoms with E-state index in [0.29, 0.717) is 10.6 Å². The molecule has 0 spiro atoms. The Morgan fingerprint density at radius 3 is 2.65 bits per heavy atom. The standard InChI is InChI=1S/C20H22ClN3O6S/c1-9-12(13(24-30-9)10-7-5-6-8-11(10)21)16(25)22-14(18(26)27)17-23-15(19(28)29-4)20(2,3)31-17/h5-8,14-15,17,23H,1-4H3,(H,22,25)(H,26,27)/t14?,15-,17?/m0/s1. The highest BCUT2D eigenvalue weighted by atomic mass is 35.5. The van der Waals surface area contributed by atoms with Crippen molar-refractivity contribution in [3.8, 4) is 11.3 Å². The van der Waals surface area contributed by atoms with Crippen molar-refractivity contribution in [1.82, 2.24) is 15.8 Å². The maximum atomic E-state index is 13.1. The van der Waals surface area contributed by atoms with Gasteiger partial charge in [0.25, 0.3) is 5.91 Å². The van der Waals surface area contributed by atoms with E-state index in [4.69, 9.17) is 20.9 Å². The number of aliphatic carboxylic acids is 1. The first-order chi connectivity index (χ1) is 14.6. The van der Waals surface area contributed by atoms with Gasteiger partial charge in [-0.1, -0.05) is 35.0 Å². The second-order valence-corrected chi connectivity index (χ2v) is 9.70. The van der Waals surface area contributed by atoms with Crippen LogP contribution in [0.2, 0.25) is 5.02 Å². The van der Waals surface area contributed by atoms with E-state index in [1.807, 2.05) is 0 Å². The topological polar surface area (TPSA) is 131 Å². The average Bonchev–Trinajstić information content (AvgIpc) is 3.24. The van der Waals surface area contributed by atoms with Crippen LogP contribution in [0.5, 0.6) is 0 Å². The first-order valence-electron chi connectivity index (χ1n) is 9.33. The quantitative estimate of drug-likeness (QED) is 0.548. The molecule has 9 nitrogen and oxygen atoms in total. The third kappa shape index (κ3) is 4.56. The second-order valence-electron chi connectivity index (χ2n) is 7.50. The Bertz CT molecular complexity index is 1020. The Morgan fingerprint density at radius 1 is 1.35 bits per heavy atom. The number of benzene rings is 1. The van der Waals surface area contributed by atoms with Crippen LogP contribution in [0.15, 0.2) is 28.8 Å². The average molecular weight is 468 g/mol. The van der Waals surface area contributed by atoms with Gasteiger partial charge in [0, 0.05) is 10.3 Å². The van der Waals surface area contributed by atoms with Crippen LogP contribution in [-0.2, 0) is 14.3 Å². The molecule has 1 saturated heterocycles. The summed E-state index contributed by atoms with van der Waals surface area (Å²) in [6.07, 6.45) is 0. The molecule has 0 bridgehead atoms. The summed E-state index contributed by atoms with van der Waals surface area (Å²) in [5.74, 6) is -2.22. The number of hydrogen-bond acceptors (Lipinski definition) is 8. The predicted octanol–water partition coefficient (Wildman–Crippen LogP) is 2.47. The summed E-state index contributed by atoms with van der Waals surface area (Å²) in [6, 6.07) is 4.74. The third-order valence-electron chi connectivity index (χ3n) is 4.97. The van der Waals surface area contributed by atoms with Crippen LogP contribution in [-0.4, -0.2) is 57.4 Å². The number of nitrogens with one attached hydrogen (secondary N) is 2. The van der Waals surface area contributed by atoms with Crippen LogP contribution in [0.3, 0.4) is 0 Å². The van der Waals surface area contributed by atoms with Crippen LogP contribution >= 0.6 is 23.4 Å². The van der Waals surface area contributed by atoms with Gasteiger partial charge < -0.3 is 19.7 Å². The number of halogens is 1. The lowest BCUT2D eigenvalue weighted by Gasteiger charge is -2.22. The Balaban J connectivity index is 1.89. The zero-order valence-electron chi connectivity index (χ0n) is 17.3. The monoisotopic (exact) mass is 467 g/mol. The molecule has 0 aliphatic carbocycles. The highest BCUT2D eigenvalue weighted by Crippen LogP contribution is 2.40. The smallest absolute Gasteiger partial charge is 0.328 e. The van der Waals surface area contributed by atoms with E-state index in [-0.39, 0.29) is 17.0 Å². The minimum absolute atomic E-state index is 0.0890. The lowest BCUT2D eigenvalue weighted by molar-refractivity contribution is -0.144. The van der Waals surface area contributed by atoms with Crippen molar-refractivity contribution in [2.45, 2.75) is 43.0 Å². The number of carboxylic acid groups (broad SMARTS) is 1. The zero-order valence-corrected chi connectivity index (χ0v) is 18.8. The number of hydrogen-bond donors (Lipinski definition) is 3. The summed E-state index contributed by atoms with van der Waals surface area (Å²) < 4.78 is 9.35. The molecule has 1 amide bonds. The summed E-state index contributed by atoms with van der Waals surface area (Å²) in [4.78, 5) is 37.2. The van der Waals surface area contributed by atoms with Crippen LogP contribution < -0.4 is 10.6 Å². The summed E-state index contributed by atoms with van der Waals surface area (Å²) >= 11 is 7.47. The first-order valence-corrected chi connectivity index (χ1v) is 10.6. The van der Waals surface area contributed by atoms with E-state index in [0.717, 1.165) is 0 Å². The number of aryl methyl sites for hydroxylation is 1. The molecule has 1 fully saturated rings. The fourth-order valence-corrected chi connectivity index (χ4v) is 5.09. The molecule has 1 aromatic heterocycles. The van der Waals surface area contributed by atoms with Crippen molar-refractivity contribution >= 4 is 41.2 Å². The Hall–Kier alpha value is -2.56. The summed E-state index contributed by atoms with van der Waals surface area (Å²) in [5, 5.41) is 18.8. The molecule has 166 valence electrons. The highest BCUT2D eigenvalue weighted by Gasteiger charge is 2.50. The van der Waals surface area contributed by atoms with Crippen molar-refractivity contribution in [3.05, 3.63) is 40.6 Å². The molecule has 0 radical (unpaired) electrons. The van der Waals surface area contributed by atoms with E-state index in [9.17, 15) is 19.5 Å². The van der Waals surface area contributed by atoms with Gasteiger partial charge in [0.05, 0.1) is 17.5 Å². The summed E-state index contributed by atoms with van der Waals surface area (Å²) in [5.41, 5.74) is 0.786. The molecule has 11 heteroatoms. The number of amides is 1. The van der Waals surface area contributed by atoms with Gasteiger partial charge in [-0.3, -0.25) is 14.9 Å². The van der Waals surface area contributed by atoms with Crippen molar-refractivity contribution in [2.75, 3.05) is 7.11 Å². The molecule has 31 heavy (non-hydrogen) atoms. The van der Waals surface area contributed by atoms with Crippen LogP contribution in [0.25, 0.3) is 11.3 Å². The van der Waals surface area contributed by atoms with Crippen LogP contribution in [0.1, 0.15) is 30.0 Å². The maximum Gasteiger partial charge on any atom is 0.328 e. The van der Waals surface area contributed by atoms with E-state index >= 15 is 0 Å². The van der Waals surface area contributed by atoms with Gasteiger partial charge in [0.1, 0.15) is 23.1 Å². The number of carbonyl (C=O) groups is 3. The number of carboxylic acids is 1. The molecule has 3 N–H and O–H groups in total. The van der Waals surface area contributed by atoms with E-state index in [2.05, 4.69) is 15.8 Å². The number of aromatic nitrogens is 1. The van der Waals surface area contributed by atoms with Gasteiger partial charge in [-0.25, -0.2) is 4.79 Å². The fraction of sp³-hybridized carbons (Fsp3) is 0.400. The summed E-state index contributed by atoms with van der Waals surface area (Å²) in [7, 11) is 1.26. The lowest BCUT2D eigenvalue weighted by Crippen LogP contribution is -2.54. The van der Waals surface area contributed by atoms with Gasteiger partial charge in [0.15, 0.2) is 6.04 Å². The largest absolute Gasteiger partial charge is 0.480 e. The van der Waals surface area contributed by atoms with E-state index in [1.54, 1.807) is 45.0 Å². The van der Waals surface area contributed by atoms with Crippen molar-refractivity contribution in [2.24, 2.45) is 0 Å². The summed E-state index contributed by atoms with van der Waals surface area (Å²) in [6.45, 7) is 5.15. The normalized spacial score (nSPS) is 20.8. The van der Waals surface area contributed by atoms with Gasteiger partial charge in [0.2, 0.25) is 0 Å². The van der Waals surface area contributed by atoms with Gasteiger partial charge in [-0.15, -0.1) is 11.8 Å². The van der Waals surface area contributed by atoms with Gasteiger partial charge in [-0.05, 0) is 26.8 Å². The molecule has 1 aromatic carbocycles.